The van der Waals surface area contributed by atoms with Gasteiger partial charge in [0.2, 0.25) is 0 Å². The third-order valence-electron chi connectivity index (χ3n) is 2.44. The maximum Gasteiger partial charge on any atom is 0.298 e. The average Bonchev–Trinajstić information content (AvgIpc) is 2.82. The quantitative estimate of drug-likeness (QED) is 0.699. The van der Waals surface area contributed by atoms with Crippen molar-refractivity contribution in [2.24, 2.45) is 0 Å². The minimum absolute atomic E-state index is 0.311. The highest BCUT2D eigenvalue weighted by Gasteiger charge is 2.30. The van der Waals surface area contributed by atoms with Crippen molar-refractivity contribution in [2.45, 2.75) is 0 Å². The molecule has 2 N–H and O–H groups in total. The van der Waals surface area contributed by atoms with Crippen molar-refractivity contribution < 1.29 is 9.59 Å². The van der Waals surface area contributed by atoms with Gasteiger partial charge in [-0.2, -0.15) is 0 Å². The predicted octanol–water partition coefficient (Wildman–Crippen LogP) is 1.21. The third-order valence-corrected chi connectivity index (χ3v) is 2.44. The first-order chi connectivity index (χ1) is 7.75. The van der Waals surface area contributed by atoms with Crippen LogP contribution in [0.5, 0.6) is 0 Å². The van der Waals surface area contributed by atoms with Gasteiger partial charge in [0.05, 0.1) is 17.1 Å². The van der Waals surface area contributed by atoms with Gasteiger partial charge < -0.3 is 10.3 Å². The molecule has 0 aliphatic carbocycles. The van der Waals surface area contributed by atoms with E-state index in [0.717, 1.165) is 11.4 Å². The maximum atomic E-state index is 11.4. The summed E-state index contributed by atoms with van der Waals surface area (Å²) in [5.74, 6) is -1.12. The van der Waals surface area contributed by atoms with Crippen LogP contribution in [0.4, 0.5) is 5.69 Å². The fraction of sp³-hybridized carbons (Fsp3) is 0. The Balaban J connectivity index is 2.09. The highest BCUT2D eigenvalue weighted by atomic mass is 16.2. The minimum Gasteiger partial charge on any atom is -0.349 e. The Bertz CT molecular complexity index is 587. The standard InChI is InChI=1S/C11H7N3O2/c15-10-9-8(14-11(10)16)5-7(13-9)6-3-1-2-4-12-6/h1-5,13H,(H,14,15,16). The summed E-state index contributed by atoms with van der Waals surface area (Å²) in [5, 5.41) is 2.49. The number of amides is 1. The van der Waals surface area contributed by atoms with Gasteiger partial charge in [0.25, 0.3) is 11.7 Å². The summed E-state index contributed by atoms with van der Waals surface area (Å²) in [4.78, 5) is 29.5. The molecule has 1 aliphatic heterocycles. The van der Waals surface area contributed by atoms with E-state index in [2.05, 4.69) is 15.3 Å². The predicted molar refractivity (Wildman–Crippen MR) is 57.0 cm³/mol. The molecule has 0 fully saturated rings. The molecule has 0 saturated carbocycles. The Hall–Kier alpha value is -2.43. The molecule has 0 unspecified atom stereocenters. The first kappa shape index (κ1) is 8.84. The molecule has 1 aliphatic rings. The Morgan fingerprint density at radius 3 is 2.75 bits per heavy atom. The van der Waals surface area contributed by atoms with E-state index in [1.54, 1.807) is 12.3 Å². The molecule has 2 aromatic heterocycles. The van der Waals surface area contributed by atoms with Gasteiger partial charge in [-0.05, 0) is 18.2 Å². The fourth-order valence-electron chi connectivity index (χ4n) is 1.68. The number of nitrogens with zero attached hydrogens (tertiary/aromatic N) is 1. The maximum absolute atomic E-state index is 11.4. The lowest BCUT2D eigenvalue weighted by molar-refractivity contribution is -0.112. The molecule has 5 nitrogen and oxygen atoms in total. The molecule has 1 amide bonds. The number of nitrogens with one attached hydrogen (secondary N) is 2. The molecule has 0 spiro atoms. The van der Waals surface area contributed by atoms with Crippen LogP contribution in [-0.2, 0) is 4.79 Å². The van der Waals surface area contributed by atoms with E-state index >= 15 is 0 Å². The van der Waals surface area contributed by atoms with Crippen molar-refractivity contribution in [3.05, 3.63) is 36.2 Å². The van der Waals surface area contributed by atoms with Crippen LogP contribution in [0.1, 0.15) is 10.5 Å². The topological polar surface area (TPSA) is 74.8 Å². The number of hydrogen-bond acceptors (Lipinski definition) is 3. The number of Topliss-reactive ketones (excluding diaryl/α,β-unsaturated/α-hetero) is 1. The van der Waals surface area contributed by atoms with E-state index in [1.165, 1.54) is 0 Å². The van der Waals surface area contributed by atoms with E-state index < -0.39 is 11.7 Å². The van der Waals surface area contributed by atoms with Crippen molar-refractivity contribution in [3.63, 3.8) is 0 Å². The van der Waals surface area contributed by atoms with Gasteiger partial charge in [-0.3, -0.25) is 14.6 Å². The summed E-state index contributed by atoms with van der Waals surface area (Å²) < 4.78 is 0. The Labute approximate surface area is 90.5 Å². The first-order valence-electron chi connectivity index (χ1n) is 4.76. The zero-order valence-corrected chi connectivity index (χ0v) is 8.15. The zero-order chi connectivity index (χ0) is 11.1. The molecule has 2 aromatic rings. The second kappa shape index (κ2) is 3.03. The van der Waals surface area contributed by atoms with Crippen LogP contribution < -0.4 is 5.32 Å². The van der Waals surface area contributed by atoms with Crippen molar-refractivity contribution in [3.8, 4) is 11.4 Å². The van der Waals surface area contributed by atoms with Gasteiger partial charge in [0.1, 0.15) is 5.69 Å². The molecule has 0 bridgehead atoms. The van der Waals surface area contributed by atoms with Crippen LogP contribution in [0.15, 0.2) is 30.5 Å². The molecule has 78 valence electrons. The number of ketones is 1. The number of H-pyrrole nitrogens is 1. The monoisotopic (exact) mass is 213 g/mol. The van der Waals surface area contributed by atoms with Crippen LogP contribution >= 0.6 is 0 Å². The van der Waals surface area contributed by atoms with E-state index in [1.807, 2.05) is 18.2 Å². The Kier molecular flexibility index (Phi) is 1.67. The van der Waals surface area contributed by atoms with Gasteiger partial charge in [-0.1, -0.05) is 6.07 Å². The van der Waals surface area contributed by atoms with Crippen molar-refractivity contribution >= 4 is 17.4 Å². The number of pyridine rings is 1. The van der Waals surface area contributed by atoms with Gasteiger partial charge in [0, 0.05) is 6.20 Å². The van der Waals surface area contributed by atoms with Crippen LogP contribution in [-0.4, -0.2) is 21.7 Å². The van der Waals surface area contributed by atoms with E-state index in [9.17, 15) is 9.59 Å². The lowest BCUT2D eigenvalue weighted by atomic mass is 10.3. The molecule has 5 heteroatoms. The molecule has 0 radical (unpaired) electrons. The molecule has 0 atom stereocenters. The van der Waals surface area contributed by atoms with Gasteiger partial charge >= 0.3 is 0 Å². The highest BCUT2D eigenvalue weighted by molar-refractivity contribution is 6.51. The number of hydrogen-bond donors (Lipinski definition) is 2. The summed E-state index contributed by atoms with van der Waals surface area (Å²) in [7, 11) is 0. The number of rotatable bonds is 1. The lowest BCUT2D eigenvalue weighted by Gasteiger charge is -1.95. The van der Waals surface area contributed by atoms with E-state index in [4.69, 9.17) is 0 Å². The van der Waals surface area contributed by atoms with Crippen LogP contribution in [0.2, 0.25) is 0 Å². The SMILES string of the molecule is O=C1Nc2cc(-c3ccccn3)[nH]c2C1=O. The van der Waals surface area contributed by atoms with Crippen molar-refractivity contribution in [2.75, 3.05) is 5.32 Å². The number of carbonyl (C=O) groups is 2. The van der Waals surface area contributed by atoms with Gasteiger partial charge in [0.15, 0.2) is 0 Å². The second-order valence-corrected chi connectivity index (χ2v) is 3.47. The normalized spacial score (nSPS) is 13.8. The molecule has 0 aromatic carbocycles. The largest absolute Gasteiger partial charge is 0.349 e. The Morgan fingerprint density at radius 2 is 2.06 bits per heavy atom. The average molecular weight is 213 g/mol. The number of carbonyl (C=O) groups excluding carboxylic acids is 2. The summed E-state index contributed by atoms with van der Waals surface area (Å²) in [6, 6.07) is 7.20. The Morgan fingerprint density at radius 1 is 1.19 bits per heavy atom. The smallest absolute Gasteiger partial charge is 0.298 e. The van der Waals surface area contributed by atoms with Crippen molar-refractivity contribution in [1.29, 1.82) is 0 Å². The molecule has 0 saturated heterocycles. The van der Waals surface area contributed by atoms with Crippen molar-refractivity contribution in [1.82, 2.24) is 9.97 Å². The van der Waals surface area contributed by atoms with Gasteiger partial charge in [-0.25, -0.2) is 0 Å². The lowest BCUT2D eigenvalue weighted by Crippen LogP contribution is -2.13. The van der Waals surface area contributed by atoms with E-state index in [0.29, 0.717) is 11.4 Å². The summed E-state index contributed by atoms with van der Waals surface area (Å²) in [6.45, 7) is 0. The second-order valence-electron chi connectivity index (χ2n) is 3.47. The molecule has 3 heterocycles. The van der Waals surface area contributed by atoms with Gasteiger partial charge in [-0.15, -0.1) is 0 Å². The number of aromatic nitrogens is 2. The first-order valence-corrected chi connectivity index (χ1v) is 4.76. The number of fused-ring (bicyclic) bond motifs is 1. The third kappa shape index (κ3) is 1.15. The molecule has 3 rings (SSSR count). The summed E-state index contributed by atoms with van der Waals surface area (Å²) in [6.07, 6.45) is 1.67. The van der Waals surface area contributed by atoms with Crippen LogP contribution in [0, 0.1) is 0 Å². The number of aromatic amines is 1. The highest BCUT2D eigenvalue weighted by Crippen LogP contribution is 2.28. The van der Waals surface area contributed by atoms with E-state index in [-0.39, 0.29) is 0 Å². The summed E-state index contributed by atoms with van der Waals surface area (Å²) >= 11 is 0. The summed E-state index contributed by atoms with van der Waals surface area (Å²) in [5.41, 5.74) is 2.29. The fourth-order valence-corrected chi connectivity index (χ4v) is 1.68. The van der Waals surface area contributed by atoms with Crippen LogP contribution in [0.3, 0.4) is 0 Å². The minimum atomic E-state index is -0.589. The number of anilines is 1. The molecule has 16 heavy (non-hydrogen) atoms. The zero-order valence-electron chi connectivity index (χ0n) is 8.15. The molecular weight excluding hydrogens is 206 g/mol. The molecular formula is C11H7N3O2. The van der Waals surface area contributed by atoms with Crippen LogP contribution in [0.25, 0.3) is 11.4 Å².